The van der Waals surface area contributed by atoms with Gasteiger partial charge in [0.25, 0.3) is 0 Å². The molecule has 0 bridgehead atoms. The Morgan fingerprint density at radius 2 is 1.94 bits per heavy atom. The highest BCUT2D eigenvalue weighted by atomic mass is 19.4. The third kappa shape index (κ3) is 3.82. The zero-order chi connectivity index (χ0) is 25.2. The first-order valence-electron chi connectivity index (χ1n) is 11.8. The van der Waals surface area contributed by atoms with Gasteiger partial charge in [-0.3, -0.25) is 9.30 Å². The first-order valence-corrected chi connectivity index (χ1v) is 11.8. The van der Waals surface area contributed by atoms with Gasteiger partial charge in [-0.25, -0.2) is 9.37 Å². The summed E-state index contributed by atoms with van der Waals surface area (Å²) in [7, 11) is 0. The number of aliphatic hydroxyl groups is 1. The van der Waals surface area contributed by atoms with Crippen LogP contribution in [0.3, 0.4) is 0 Å². The quantitative estimate of drug-likeness (QED) is 0.406. The summed E-state index contributed by atoms with van der Waals surface area (Å²) in [5.74, 6) is -0.108. The number of pyridine rings is 2. The monoisotopic (exact) mass is 500 g/mol. The second-order valence-electron chi connectivity index (χ2n) is 9.86. The Morgan fingerprint density at radius 3 is 2.61 bits per heavy atom. The van der Waals surface area contributed by atoms with E-state index in [9.17, 15) is 22.7 Å². The number of aromatic nitrogens is 4. The summed E-state index contributed by atoms with van der Waals surface area (Å²) in [5.41, 5.74) is 7.08. The van der Waals surface area contributed by atoms with Gasteiger partial charge in [0.2, 0.25) is 0 Å². The first kappa shape index (κ1) is 23.3. The van der Waals surface area contributed by atoms with Crippen molar-refractivity contribution in [2.45, 2.75) is 42.9 Å². The molecule has 188 valence electrons. The van der Waals surface area contributed by atoms with Gasteiger partial charge in [0.1, 0.15) is 17.6 Å². The van der Waals surface area contributed by atoms with Gasteiger partial charge in [0, 0.05) is 36.1 Å². The van der Waals surface area contributed by atoms with Crippen molar-refractivity contribution in [2.24, 2.45) is 5.73 Å². The van der Waals surface area contributed by atoms with Crippen molar-refractivity contribution in [2.75, 3.05) is 19.7 Å². The lowest BCUT2D eigenvalue weighted by Crippen LogP contribution is -2.38. The molecule has 11 heteroatoms. The van der Waals surface area contributed by atoms with E-state index in [-0.39, 0.29) is 42.9 Å². The maximum absolute atomic E-state index is 14.7. The van der Waals surface area contributed by atoms with Gasteiger partial charge >= 0.3 is 6.18 Å². The second-order valence-corrected chi connectivity index (χ2v) is 9.86. The first-order chi connectivity index (χ1) is 17.2. The summed E-state index contributed by atoms with van der Waals surface area (Å²) in [4.78, 5) is 5.99. The molecular formula is C25H24F4N6O. The molecule has 7 nitrogen and oxygen atoms in total. The molecular weight excluding hydrogens is 476 g/mol. The van der Waals surface area contributed by atoms with Crippen LogP contribution in [0, 0.1) is 5.82 Å². The lowest BCUT2D eigenvalue weighted by atomic mass is 9.95. The summed E-state index contributed by atoms with van der Waals surface area (Å²) in [6.07, 6.45) is -1.18. The van der Waals surface area contributed by atoms with Crippen LogP contribution in [-0.2, 0) is 5.41 Å². The molecule has 1 aromatic carbocycles. The Bertz CT molecular complexity index is 1460. The maximum Gasteiger partial charge on any atom is 0.408 e. The van der Waals surface area contributed by atoms with E-state index in [4.69, 9.17) is 5.73 Å². The Labute approximate surface area is 203 Å². The number of nitrogens with zero attached hydrogens (tertiary/aromatic N) is 5. The highest BCUT2D eigenvalue weighted by molar-refractivity contribution is 5.82. The molecule has 1 aliphatic carbocycles. The van der Waals surface area contributed by atoms with Crippen molar-refractivity contribution < 1.29 is 22.7 Å². The van der Waals surface area contributed by atoms with Gasteiger partial charge in [-0.05, 0) is 54.7 Å². The van der Waals surface area contributed by atoms with Crippen molar-refractivity contribution >= 4 is 16.6 Å². The number of halogens is 4. The van der Waals surface area contributed by atoms with E-state index in [0.29, 0.717) is 47.1 Å². The minimum Gasteiger partial charge on any atom is -0.395 e. The molecule has 2 fully saturated rings. The fourth-order valence-corrected chi connectivity index (χ4v) is 5.24. The summed E-state index contributed by atoms with van der Waals surface area (Å²) < 4.78 is 58.6. The van der Waals surface area contributed by atoms with E-state index >= 15 is 0 Å². The van der Waals surface area contributed by atoms with Crippen LogP contribution in [0.15, 0.2) is 42.6 Å². The average molecular weight is 501 g/mol. The normalized spacial score (nSPS) is 20.9. The van der Waals surface area contributed by atoms with E-state index < -0.39 is 17.6 Å². The topological polar surface area (TPSA) is 92.6 Å². The number of hydrogen-bond donors (Lipinski definition) is 2. The Kier molecular flexibility index (Phi) is 5.29. The van der Waals surface area contributed by atoms with Gasteiger partial charge in [-0.1, -0.05) is 12.1 Å². The van der Waals surface area contributed by atoms with Crippen LogP contribution in [0.4, 0.5) is 17.6 Å². The number of alkyl halides is 3. The third-order valence-corrected chi connectivity index (χ3v) is 7.41. The molecule has 1 saturated heterocycles. The van der Waals surface area contributed by atoms with Gasteiger partial charge in [-0.15, -0.1) is 10.2 Å². The zero-order valence-electron chi connectivity index (χ0n) is 19.2. The van der Waals surface area contributed by atoms with Crippen LogP contribution in [-0.4, -0.2) is 61.5 Å². The van der Waals surface area contributed by atoms with Crippen molar-refractivity contribution in [3.63, 3.8) is 0 Å². The number of hydrogen-bond acceptors (Lipinski definition) is 6. The van der Waals surface area contributed by atoms with Gasteiger partial charge in [0.05, 0.1) is 12.1 Å². The summed E-state index contributed by atoms with van der Waals surface area (Å²) in [5, 5.41) is 18.6. The number of fused-ring (bicyclic) bond motifs is 2. The maximum atomic E-state index is 14.7. The molecule has 2 atom stereocenters. The average Bonchev–Trinajstić information content (AvgIpc) is 3.34. The lowest BCUT2D eigenvalue weighted by molar-refractivity contribution is -0.183. The molecule has 3 aromatic heterocycles. The molecule has 6 rings (SSSR count). The molecule has 0 spiro atoms. The van der Waals surface area contributed by atoms with E-state index in [2.05, 4.69) is 15.2 Å². The summed E-state index contributed by atoms with van der Waals surface area (Å²) >= 11 is 0. The lowest BCUT2D eigenvalue weighted by Gasteiger charge is -2.30. The fourth-order valence-electron chi connectivity index (χ4n) is 5.24. The second kappa shape index (κ2) is 8.19. The number of nitrogens with two attached hydrogens (primary N) is 1. The van der Waals surface area contributed by atoms with Crippen LogP contribution in [0.5, 0.6) is 0 Å². The van der Waals surface area contributed by atoms with E-state index in [0.717, 1.165) is 0 Å². The standard InChI is InChI=1S/C25H24F4N6O/c26-18-9-14-1-3-19(31-20(14)10-17(18)24(13-36)6-7-24)23-33-32-21-4-2-15(11-35(21)23)22(25(27,28)29)34-8-5-16(30)12-34/h1-4,9-11,16,22,36H,5-8,12-13,30H2. The van der Waals surface area contributed by atoms with Crippen LogP contribution in [0.2, 0.25) is 0 Å². The number of rotatable bonds is 5. The smallest absolute Gasteiger partial charge is 0.395 e. The molecule has 0 amide bonds. The van der Waals surface area contributed by atoms with E-state index in [1.165, 1.54) is 33.7 Å². The molecule has 0 radical (unpaired) electrons. The zero-order valence-corrected chi connectivity index (χ0v) is 19.2. The van der Waals surface area contributed by atoms with Crippen molar-refractivity contribution in [1.29, 1.82) is 0 Å². The van der Waals surface area contributed by atoms with Crippen LogP contribution < -0.4 is 5.73 Å². The number of likely N-dealkylation sites (tertiary alicyclic amines) is 1. The van der Waals surface area contributed by atoms with Crippen LogP contribution >= 0.6 is 0 Å². The molecule has 1 aliphatic heterocycles. The molecule has 36 heavy (non-hydrogen) atoms. The van der Waals surface area contributed by atoms with E-state index in [1.54, 1.807) is 18.2 Å². The largest absolute Gasteiger partial charge is 0.408 e. The molecule has 4 heterocycles. The number of aliphatic hydroxyl groups excluding tert-OH is 1. The minimum absolute atomic E-state index is 0.0638. The summed E-state index contributed by atoms with van der Waals surface area (Å²) in [6.45, 7) is 0.283. The Balaban J connectivity index is 1.44. The molecule has 1 saturated carbocycles. The van der Waals surface area contributed by atoms with Crippen LogP contribution in [0.25, 0.3) is 28.1 Å². The van der Waals surface area contributed by atoms with Crippen LogP contribution in [0.1, 0.15) is 36.4 Å². The van der Waals surface area contributed by atoms with Gasteiger partial charge in [0.15, 0.2) is 11.5 Å². The highest BCUT2D eigenvalue weighted by Crippen LogP contribution is 2.49. The van der Waals surface area contributed by atoms with E-state index in [1.807, 2.05) is 0 Å². The fraction of sp³-hybridized carbons (Fsp3) is 0.400. The Hall–Kier alpha value is -3.15. The predicted molar refractivity (Wildman–Crippen MR) is 125 cm³/mol. The van der Waals surface area contributed by atoms with Gasteiger partial charge < -0.3 is 10.8 Å². The molecule has 3 N–H and O–H groups in total. The molecule has 2 unspecified atom stereocenters. The SMILES string of the molecule is NC1CCN(C(c2ccc3nnc(-c4ccc5cc(F)c(C6(CO)CC6)cc5n4)n3c2)C(F)(F)F)C1. The molecule has 2 aliphatic rings. The highest BCUT2D eigenvalue weighted by Gasteiger charge is 2.47. The Morgan fingerprint density at radius 1 is 1.14 bits per heavy atom. The summed E-state index contributed by atoms with van der Waals surface area (Å²) in [6, 6.07) is 7.21. The molecule has 4 aromatic rings. The van der Waals surface area contributed by atoms with Gasteiger partial charge in [-0.2, -0.15) is 13.2 Å². The third-order valence-electron chi connectivity index (χ3n) is 7.41. The predicted octanol–water partition coefficient (Wildman–Crippen LogP) is 3.74. The number of benzene rings is 1. The van der Waals surface area contributed by atoms with Crippen molar-refractivity contribution in [3.8, 4) is 11.5 Å². The van der Waals surface area contributed by atoms with Crippen molar-refractivity contribution in [3.05, 3.63) is 59.5 Å². The van der Waals surface area contributed by atoms with Crippen molar-refractivity contribution in [1.82, 2.24) is 24.5 Å². The minimum atomic E-state index is -4.49.